The number of rotatable bonds is 7. The number of para-hydroxylation sites is 2. The fourth-order valence-corrected chi connectivity index (χ4v) is 4.61. The van der Waals surface area contributed by atoms with Crippen LogP contribution in [0.2, 0.25) is 5.02 Å². The molecule has 2 amide bonds. The van der Waals surface area contributed by atoms with Gasteiger partial charge >= 0.3 is 0 Å². The Morgan fingerprint density at radius 1 is 0.750 bits per heavy atom. The molecule has 36 heavy (non-hydrogen) atoms. The number of hydrogen-bond acceptors (Lipinski definition) is 5. The van der Waals surface area contributed by atoms with Crippen LogP contribution >= 0.6 is 23.4 Å². The van der Waals surface area contributed by atoms with Crippen LogP contribution in [0.5, 0.6) is 11.5 Å². The summed E-state index contributed by atoms with van der Waals surface area (Å²) in [5.41, 5.74) is 0.455. The Bertz CT molecular complexity index is 1460. The largest absolute Gasteiger partial charge is 0.457 e. The predicted octanol–water partition coefficient (Wildman–Crippen LogP) is 7.26. The molecule has 0 radical (unpaired) electrons. The lowest BCUT2D eigenvalue weighted by molar-refractivity contribution is -0.120. The van der Waals surface area contributed by atoms with Gasteiger partial charge in [-0.2, -0.15) is 0 Å². The summed E-state index contributed by atoms with van der Waals surface area (Å²) in [7, 11) is 0. The van der Waals surface area contributed by atoms with Gasteiger partial charge in [-0.05, 0) is 72.8 Å². The number of imide groups is 1. The molecular formula is C28H18ClFN2O3S. The summed E-state index contributed by atoms with van der Waals surface area (Å²) in [4.78, 5) is 28.9. The fraction of sp³-hybridized carbons (Fsp3) is 0. The molecule has 0 saturated heterocycles. The molecule has 0 fully saturated rings. The van der Waals surface area contributed by atoms with Gasteiger partial charge in [-0.3, -0.25) is 9.59 Å². The summed E-state index contributed by atoms with van der Waals surface area (Å²) in [5, 5.41) is 3.38. The first-order chi connectivity index (χ1) is 17.5. The molecule has 8 heteroatoms. The lowest BCUT2D eigenvalue weighted by Gasteiger charge is -2.16. The van der Waals surface area contributed by atoms with Crippen molar-refractivity contribution >= 4 is 46.6 Å². The van der Waals surface area contributed by atoms with Gasteiger partial charge in [0.1, 0.15) is 27.9 Å². The number of thioether (sulfide) groups is 1. The summed E-state index contributed by atoms with van der Waals surface area (Å²) in [6.07, 6.45) is 0. The average molecular weight is 517 g/mol. The SMILES string of the molecule is O=C1C(Nc2ccccc2F)=C(Sc2ccc(Cl)cc2)C(=O)N1c1ccc(Oc2ccccc2)cc1. The molecule has 0 saturated carbocycles. The minimum Gasteiger partial charge on any atom is -0.457 e. The average Bonchev–Trinajstić information content (AvgIpc) is 3.12. The van der Waals surface area contributed by atoms with Crippen molar-refractivity contribution in [1.29, 1.82) is 0 Å². The number of hydrogen-bond donors (Lipinski definition) is 1. The van der Waals surface area contributed by atoms with E-state index in [1.165, 1.54) is 12.1 Å². The van der Waals surface area contributed by atoms with E-state index >= 15 is 0 Å². The number of nitrogens with one attached hydrogen (secondary N) is 1. The van der Waals surface area contributed by atoms with Crippen LogP contribution in [0.1, 0.15) is 0 Å². The van der Waals surface area contributed by atoms with E-state index in [1.807, 2.05) is 30.3 Å². The van der Waals surface area contributed by atoms with E-state index < -0.39 is 17.6 Å². The highest BCUT2D eigenvalue weighted by atomic mass is 35.5. The summed E-state index contributed by atoms with van der Waals surface area (Å²) in [6, 6.07) is 28.7. The Labute approximate surface area is 216 Å². The third-order valence-corrected chi connectivity index (χ3v) is 6.62. The fourth-order valence-electron chi connectivity index (χ4n) is 3.55. The number of anilines is 2. The van der Waals surface area contributed by atoms with Gasteiger partial charge in [-0.1, -0.05) is 53.7 Å². The first-order valence-corrected chi connectivity index (χ1v) is 12.1. The van der Waals surface area contributed by atoms with Crippen molar-refractivity contribution in [2.24, 2.45) is 0 Å². The van der Waals surface area contributed by atoms with Gasteiger partial charge < -0.3 is 10.1 Å². The van der Waals surface area contributed by atoms with Gasteiger partial charge in [0.2, 0.25) is 0 Å². The maximum atomic E-state index is 14.4. The van der Waals surface area contributed by atoms with Crippen LogP contribution in [0.4, 0.5) is 15.8 Å². The minimum atomic E-state index is -0.587. The first-order valence-electron chi connectivity index (χ1n) is 10.9. The van der Waals surface area contributed by atoms with Crippen LogP contribution in [0, 0.1) is 5.82 Å². The highest BCUT2D eigenvalue weighted by Gasteiger charge is 2.40. The van der Waals surface area contributed by atoms with Crippen molar-refractivity contribution < 1.29 is 18.7 Å². The number of amides is 2. The second-order valence-corrected chi connectivity index (χ2v) is 9.24. The second-order valence-electron chi connectivity index (χ2n) is 7.72. The molecule has 1 aliphatic rings. The minimum absolute atomic E-state index is 0.00494. The molecule has 0 bridgehead atoms. The Kier molecular flexibility index (Phi) is 6.75. The van der Waals surface area contributed by atoms with E-state index in [9.17, 15) is 14.0 Å². The second kappa shape index (κ2) is 10.3. The third-order valence-electron chi connectivity index (χ3n) is 5.28. The van der Waals surface area contributed by atoms with Crippen molar-refractivity contribution in [2.45, 2.75) is 4.90 Å². The van der Waals surface area contributed by atoms with Gasteiger partial charge in [0.15, 0.2) is 0 Å². The molecule has 0 unspecified atom stereocenters. The van der Waals surface area contributed by atoms with Gasteiger partial charge in [0.25, 0.3) is 11.8 Å². The standard InChI is InChI=1S/C28H18ClFN2O3S/c29-18-10-16-22(17-11-18)36-26-25(31-24-9-5-4-8-23(24)30)27(33)32(28(26)34)19-12-14-21(15-13-19)35-20-6-2-1-3-7-20/h1-17,31H. The van der Waals surface area contributed by atoms with Gasteiger partial charge in [-0.15, -0.1) is 0 Å². The number of carbonyl (C=O) groups excluding carboxylic acids is 2. The van der Waals surface area contributed by atoms with Gasteiger partial charge in [-0.25, -0.2) is 9.29 Å². The monoisotopic (exact) mass is 516 g/mol. The zero-order chi connectivity index (χ0) is 25.1. The first kappa shape index (κ1) is 23.7. The molecule has 0 aromatic heterocycles. The van der Waals surface area contributed by atoms with Crippen LogP contribution in [-0.4, -0.2) is 11.8 Å². The third kappa shape index (κ3) is 4.98. The topological polar surface area (TPSA) is 58.6 Å². The summed E-state index contributed by atoms with van der Waals surface area (Å²) < 4.78 is 20.2. The molecular weight excluding hydrogens is 499 g/mol. The molecule has 0 atom stereocenters. The number of ether oxygens (including phenoxy) is 1. The number of benzene rings is 4. The van der Waals surface area contributed by atoms with E-state index in [-0.39, 0.29) is 16.3 Å². The van der Waals surface area contributed by atoms with Crippen LogP contribution in [-0.2, 0) is 9.59 Å². The number of halogens is 2. The van der Waals surface area contributed by atoms with E-state index in [0.29, 0.717) is 27.1 Å². The van der Waals surface area contributed by atoms with Crippen LogP contribution in [0.15, 0.2) is 119 Å². The van der Waals surface area contributed by atoms with E-state index in [0.717, 1.165) is 16.7 Å². The molecule has 4 aromatic carbocycles. The van der Waals surface area contributed by atoms with Crippen molar-refractivity contribution in [3.63, 3.8) is 0 Å². The molecule has 5 rings (SSSR count). The van der Waals surface area contributed by atoms with Crippen LogP contribution in [0.3, 0.4) is 0 Å². The highest BCUT2D eigenvalue weighted by molar-refractivity contribution is 8.04. The number of carbonyl (C=O) groups is 2. The van der Waals surface area contributed by atoms with Crippen LogP contribution in [0.25, 0.3) is 0 Å². The number of nitrogens with zero attached hydrogens (tertiary/aromatic N) is 1. The van der Waals surface area contributed by atoms with Crippen LogP contribution < -0.4 is 15.0 Å². The van der Waals surface area contributed by atoms with E-state index in [2.05, 4.69) is 5.32 Å². The van der Waals surface area contributed by atoms with Crippen molar-refractivity contribution in [3.8, 4) is 11.5 Å². The molecule has 5 nitrogen and oxygen atoms in total. The Morgan fingerprint density at radius 2 is 1.39 bits per heavy atom. The van der Waals surface area contributed by atoms with E-state index in [1.54, 1.807) is 60.7 Å². The molecule has 0 aliphatic carbocycles. The molecule has 4 aromatic rings. The van der Waals surface area contributed by atoms with Crippen molar-refractivity contribution in [2.75, 3.05) is 10.2 Å². The maximum Gasteiger partial charge on any atom is 0.283 e. The molecule has 1 N–H and O–H groups in total. The Balaban J connectivity index is 1.46. The van der Waals surface area contributed by atoms with Crippen molar-refractivity contribution in [3.05, 3.63) is 125 Å². The smallest absolute Gasteiger partial charge is 0.283 e. The Hall–Kier alpha value is -4.07. The van der Waals surface area contributed by atoms with Gasteiger partial charge in [0, 0.05) is 9.92 Å². The quantitative estimate of drug-likeness (QED) is 0.262. The maximum absolute atomic E-state index is 14.4. The molecule has 1 aliphatic heterocycles. The summed E-state index contributed by atoms with van der Waals surface area (Å²) >= 11 is 7.09. The van der Waals surface area contributed by atoms with E-state index in [4.69, 9.17) is 16.3 Å². The zero-order valence-electron chi connectivity index (χ0n) is 18.7. The lowest BCUT2D eigenvalue weighted by Crippen LogP contribution is -2.32. The summed E-state index contributed by atoms with van der Waals surface area (Å²) in [6.45, 7) is 0. The molecule has 178 valence electrons. The highest BCUT2D eigenvalue weighted by Crippen LogP contribution is 2.39. The molecule has 0 spiro atoms. The normalized spacial score (nSPS) is 13.3. The lowest BCUT2D eigenvalue weighted by atomic mass is 10.2. The molecule has 1 heterocycles. The Morgan fingerprint density at radius 3 is 2.08 bits per heavy atom. The summed E-state index contributed by atoms with van der Waals surface area (Å²) in [5.74, 6) is -0.426. The predicted molar refractivity (Wildman–Crippen MR) is 140 cm³/mol. The zero-order valence-corrected chi connectivity index (χ0v) is 20.2. The van der Waals surface area contributed by atoms with Gasteiger partial charge in [0.05, 0.1) is 11.4 Å². The van der Waals surface area contributed by atoms with Crippen molar-refractivity contribution in [1.82, 2.24) is 0 Å².